The molecule has 0 fully saturated rings. The van der Waals surface area contributed by atoms with Crippen molar-refractivity contribution in [1.82, 2.24) is 25.1 Å². The van der Waals surface area contributed by atoms with E-state index in [1.54, 1.807) is 16.8 Å². The van der Waals surface area contributed by atoms with Crippen molar-refractivity contribution in [1.29, 1.82) is 0 Å². The summed E-state index contributed by atoms with van der Waals surface area (Å²) in [6, 6.07) is 6.49. The lowest BCUT2D eigenvalue weighted by atomic mass is 10.1. The van der Waals surface area contributed by atoms with Crippen LogP contribution in [-0.4, -0.2) is 55.5 Å². The quantitative estimate of drug-likeness (QED) is 0.340. The minimum atomic E-state index is -1.07. The lowest BCUT2D eigenvalue weighted by Gasteiger charge is -2.18. The highest BCUT2D eigenvalue weighted by molar-refractivity contribution is 5.95. The Morgan fingerprint density at radius 3 is 2.83 bits per heavy atom. The molecule has 1 atom stereocenters. The van der Waals surface area contributed by atoms with Gasteiger partial charge in [-0.1, -0.05) is 12.1 Å². The first-order valence-corrected chi connectivity index (χ1v) is 11.4. The van der Waals surface area contributed by atoms with Gasteiger partial charge >= 0.3 is 5.97 Å². The molecule has 0 spiro atoms. The van der Waals surface area contributed by atoms with Gasteiger partial charge in [-0.15, -0.1) is 0 Å². The van der Waals surface area contributed by atoms with E-state index in [9.17, 15) is 19.8 Å². The number of hydrogen-bond acceptors (Lipinski definition) is 8. The Labute approximate surface area is 202 Å². The maximum Gasteiger partial charge on any atom is 0.305 e. The zero-order valence-electron chi connectivity index (χ0n) is 19.4. The number of carboxylic acid groups (broad SMARTS) is 1. The summed E-state index contributed by atoms with van der Waals surface area (Å²) in [5.74, 6) is -0.314. The molecule has 1 aliphatic rings. The first-order valence-electron chi connectivity index (χ1n) is 11.4. The molecular formula is C24H28N6O5. The molecule has 35 heavy (non-hydrogen) atoms. The number of carbonyl (C=O) groups is 2. The highest BCUT2D eigenvalue weighted by Gasteiger charge is 2.23. The number of aliphatic hydroxyl groups excluding tert-OH is 1. The summed E-state index contributed by atoms with van der Waals surface area (Å²) in [4.78, 5) is 33.2. The second-order valence-electron chi connectivity index (χ2n) is 8.23. The number of nitrogens with zero attached hydrogens (tertiary/aromatic N) is 4. The second kappa shape index (κ2) is 11.0. The van der Waals surface area contributed by atoms with Crippen LogP contribution in [0.5, 0.6) is 5.88 Å². The normalized spacial score (nSPS) is 13.4. The van der Waals surface area contributed by atoms with E-state index < -0.39 is 24.5 Å². The van der Waals surface area contributed by atoms with Crippen molar-refractivity contribution in [2.45, 2.75) is 44.9 Å². The number of aliphatic hydroxyl groups is 1. The van der Waals surface area contributed by atoms with Crippen LogP contribution < -0.4 is 15.4 Å². The molecule has 4 N–H and O–H groups in total. The molecule has 1 amide bonds. The van der Waals surface area contributed by atoms with E-state index in [2.05, 4.69) is 31.8 Å². The number of nitrogens with one attached hydrogen (secondary N) is 2. The minimum absolute atomic E-state index is 0.185. The fourth-order valence-electron chi connectivity index (χ4n) is 4.07. The van der Waals surface area contributed by atoms with E-state index in [-0.39, 0.29) is 12.0 Å². The van der Waals surface area contributed by atoms with Crippen LogP contribution in [0.1, 0.15) is 51.8 Å². The molecule has 3 aromatic heterocycles. The van der Waals surface area contributed by atoms with Crippen LogP contribution in [0, 0.1) is 0 Å². The lowest BCUT2D eigenvalue weighted by molar-refractivity contribution is -0.137. The Balaban J connectivity index is 1.47. The smallest absolute Gasteiger partial charge is 0.305 e. The van der Waals surface area contributed by atoms with Crippen molar-refractivity contribution < 1.29 is 24.5 Å². The van der Waals surface area contributed by atoms with Gasteiger partial charge in [0.1, 0.15) is 5.82 Å². The molecule has 0 saturated heterocycles. The summed E-state index contributed by atoms with van der Waals surface area (Å²) in [7, 11) is 1.48. The Kier molecular flexibility index (Phi) is 7.56. The van der Waals surface area contributed by atoms with Gasteiger partial charge in [0, 0.05) is 37.5 Å². The van der Waals surface area contributed by atoms with E-state index >= 15 is 0 Å². The standard InChI is InChI=1S/C24H28N6O5/c1-35-21-7-5-16(12-26-21)19(11-22(32)33)29-24(34)18-13-27-30(20(18)14-31)10-8-17-6-4-15-3-2-9-25-23(15)28-17/h4-7,12-13,19,31H,2-3,8-11,14H2,1H3,(H,25,28)(H,29,34)(H,32,33). The molecule has 4 heterocycles. The maximum atomic E-state index is 13.0. The molecule has 11 heteroatoms. The number of carboxylic acids is 1. The van der Waals surface area contributed by atoms with Gasteiger partial charge in [-0.25, -0.2) is 9.97 Å². The molecular weight excluding hydrogens is 452 g/mol. The Bertz CT molecular complexity index is 1190. The van der Waals surface area contributed by atoms with Crippen LogP contribution >= 0.6 is 0 Å². The van der Waals surface area contributed by atoms with Gasteiger partial charge in [0.15, 0.2) is 0 Å². The predicted octanol–water partition coefficient (Wildman–Crippen LogP) is 1.72. The summed E-state index contributed by atoms with van der Waals surface area (Å²) in [6.45, 7) is 0.941. The number of hydrogen-bond donors (Lipinski definition) is 4. The van der Waals surface area contributed by atoms with Crippen molar-refractivity contribution in [3.63, 3.8) is 0 Å². The van der Waals surface area contributed by atoms with Crippen molar-refractivity contribution in [3.05, 3.63) is 64.7 Å². The number of rotatable bonds is 10. The van der Waals surface area contributed by atoms with Gasteiger partial charge in [0.2, 0.25) is 5.88 Å². The SMILES string of the molecule is COc1ccc(C(CC(=O)O)NC(=O)c2cnn(CCc3ccc4c(n3)NCCC4)c2CO)cn1. The molecule has 0 aromatic carbocycles. The van der Waals surface area contributed by atoms with E-state index in [0.717, 1.165) is 30.9 Å². The van der Waals surface area contributed by atoms with Crippen LogP contribution in [-0.2, 0) is 30.8 Å². The van der Waals surface area contributed by atoms with Gasteiger partial charge in [0.25, 0.3) is 5.91 Å². The highest BCUT2D eigenvalue weighted by Crippen LogP contribution is 2.22. The van der Waals surface area contributed by atoms with E-state index in [1.165, 1.54) is 25.1 Å². The number of ether oxygens (including phenoxy) is 1. The number of aryl methyl sites for hydroxylation is 3. The van der Waals surface area contributed by atoms with Crippen molar-refractivity contribution in [2.75, 3.05) is 19.0 Å². The number of aliphatic carboxylic acids is 1. The molecule has 184 valence electrons. The summed E-state index contributed by atoms with van der Waals surface area (Å²) in [5, 5.41) is 29.6. The average molecular weight is 481 g/mol. The molecule has 1 aliphatic heterocycles. The number of anilines is 1. The fourth-order valence-corrected chi connectivity index (χ4v) is 4.07. The molecule has 11 nitrogen and oxygen atoms in total. The number of methoxy groups -OCH3 is 1. The highest BCUT2D eigenvalue weighted by atomic mass is 16.5. The number of carbonyl (C=O) groups excluding carboxylic acids is 1. The molecule has 1 unspecified atom stereocenters. The summed E-state index contributed by atoms with van der Waals surface area (Å²) < 4.78 is 6.61. The third-order valence-corrected chi connectivity index (χ3v) is 5.93. The van der Waals surface area contributed by atoms with Gasteiger partial charge in [-0.2, -0.15) is 5.10 Å². The molecule has 0 saturated carbocycles. The summed E-state index contributed by atoms with van der Waals surface area (Å²) in [6.07, 6.45) is 5.19. The van der Waals surface area contributed by atoms with Crippen molar-refractivity contribution in [3.8, 4) is 5.88 Å². The van der Waals surface area contributed by atoms with Gasteiger partial charge < -0.3 is 25.6 Å². The van der Waals surface area contributed by atoms with Crippen LogP contribution in [0.4, 0.5) is 5.82 Å². The van der Waals surface area contributed by atoms with Gasteiger partial charge in [0.05, 0.1) is 43.6 Å². The first-order chi connectivity index (χ1) is 17.0. The minimum Gasteiger partial charge on any atom is -0.481 e. The monoisotopic (exact) mass is 480 g/mol. The Morgan fingerprint density at radius 1 is 1.26 bits per heavy atom. The Morgan fingerprint density at radius 2 is 2.11 bits per heavy atom. The molecule has 0 bridgehead atoms. The number of aromatic nitrogens is 4. The lowest BCUT2D eigenvalue weighted by Crippen LogP contribution is -2.31. The van der Waals surface area contributed by atoms with Gasteiger partial charge in [-0.05, 0) is 30.0 Å². The zero-order chi connectivity index (χ0) is 24.8. The summed E-state index contributed by atoms with van der Waals surface area (Å²) >= 11 is 0. The first kappa shape index (κ1) is 24.1. The average Bonchev–Trinajstić information content (AvgIpc) is 3.30. The van der Waals surface area contributed by atoms with Crippen LogP contribution in [0.25, 0.3) is 0 Å². The molecule has 3 aromatic rings. The van der Waals surface area contributed by atoms with E-state index in [1.807, 2.05) is 6.07 Å². The largest absolute Gasteiger partial charge is 0.481 e. The maximum absolute atomic E-state index is 13.0. The van der Waals surface area contributed by atoms with Crippen molar-refractivity contribution in [2.24, 2.45) is 0 Å². The topological polar surface area (TPSA) is 151 Å². The fraction of sp³-hybridized carbons (Fsp3) is 0.375. The third-order valence-electron chi connectivity index (χ3n) is 5.93. The van der Waals surface area contributed by atoms with Crippen LogP contribution in [0.15, 0.2) is 36.7 Å². The number of pyridine rings is 2. The van der Waals surface area contributed by atoms with Crippen LogP contribution in [0.3, 0.4) is 0 Å². The van der Waals surface area contributed by atoms with E-state index in [4.69, 9.17) is 4.74 Å². The Hall–Kier alpha value is -3.99. The predicted molar refractivity (Wildman–Crippen MR) is 126 cm³/mol. The van der Waals surface area contributed by atoms with Gasteiger partial charge in [-0.3, -0.25) is 14.3 Å². The zero-order valence-corrected chi connectivity index (χ0v) is 19.4. The third kappa shape index (κ3) is 5.75. The van der Waals surface area contributed by atoms with Crippen LogP contribution in [0.2, 0.25) is 0 Å². The molecule has 0 aliphatic carbocycles. The molecule has 0 radical (unpaired) electrons. The number of fused-ring (bicyclic) bond motifs is 1. The second-order valence-corrected chi connectivity index (χ2v) is 8.23. The number of amides is 1. The summed E-state index contributed by atoms with van der Waals surface area (Å²) in [5.41, 5.74) is 3.14. The van der Waals surface area contributed by atoms with E-state index in [0.29, 0.717) is 30.1 Å². The van der Waals surface area contributed by atoms with Crippen molar-refractivity contribution >= 4 is 17.7 Å². The molecule has 4 rings (SSSR count).